The summed E-state index contributed by atoms with van der Waals surface area (Å²) in [5, 5.41) is 3.59. The highest BCUT2D eigenvalue weighted by atomic mass is 16.5. The maximum absolute atomic E-state index is 5.93. The molecule has 0 spiro atoms. The van der Waals surface area contributed by atoms with E-state index in [1.165, 1.54) is 32.2 Å². The van der Waals surface area contributed by atoms with Crippen LogP contribution < -0.4 is 5.32 Å². The number of likely N-dealkylation sites (tertiary alicyclic amines) is 1. The summed E-state index contributed by atoms with van der Waals surface area (Å²) in [6, 6.07) is 1.28. The topological polar surface area (TPSA) is 24.5 Å². The summed E-state index contributed by atoms with van der Waals surface area (Å²) in [5.41, 5.74) is 0. The Hall–Kier alpha value is -0.120. The Morgan fingerprint density at radius 1 is 1.26 bits per heavy atom. The van der Waals surface area contributed by atoms with Crippen molar-refractivity contribution in [1.82, 2.24) is 10.2 Å². The Morgan fingerprint density at radius 2 is 2.05 bits per heavy atom. The lowest BCUT2D eigenvalue weighted by atomic mass is 10.0. The van der Waals surface area contributed by atoms with Crippen molar-refractivity contribution in [2.75, 3.05) is 26.2 Å². The van der Waals surface area contributed by atoms with Crippen LogP contribution in [0.25, 0.3) is 0 Å². The molecule has 0 aromatic carbocycles. The zero-order valence-electron chi connectivity index (χ0n) is 13.5. The van der Waals surface area contributed by atoms with Crippen molar-refractivity contribution in [2.45, 2.75) is 78.0 Å². The number of nitrogens with zero attached hydrogens (tertiary/aromatic N) is 1. The molecule has 3 nitrogen and oxygen atoms in total. The lowest BCUT2D eigenvalue weighted by Crippen LogP contribution is -2.46. The zero-order chi connectivity index (χ0) is 14.1. The van der Waals surface area contributed by atoms with Crippen LogP contribution in [0.5, 0.6) is 0 Å². The summed E-state index contributed by atoms with van der Waals surface area (Å²) in [7, 11) is 0. The largest absolute Gasteiger partial charge is 0.377 e. The van der Waals surface area contributed by atoms with Gasteiger partial charge >= 0.3 is 0 Å². The van der Waals surface area contributed by atoms with E-state index in [1.54, 1.807) is 0 Å². The van der Waals surface area contributed by atoms with Crippen LogP contribution in [0.3, 0.4) is 0 Å². The van der Waals surface area contributed by atoms with E-state index in [2.05, 4.69) is 37.9 Å². The Bertz CT molecular complexity index is 223. The average Bonchev–Trinajstić information content (AvgIpc) is 2.43. The number of ether oxygens (including phenoxy) is 1. The third kappa shape index (κ3) is 6.73. The Balaban J connectivity index is 2.28. The van der Waals surface area contributed by atoms with Crippen molar-refractivity contribution in [2.24, 2.45) is 0 Å². The highest BCUT2D eigenvalue weighted by molar-refractivity contribution is 4.79. The van der Waals surface area contributed by atoms with E-state index in [0.717, 1.165) is 26.1 Å². The maximum Gasteiger partial charge on any atom is 0.0702 e. The van der Waals surface area contributed by atoms with Crippen LogP contribution in [-0.4, -0.2) is 49.3 Å². The molecule has 3 atom stereocenters. The van der Waals surface area contributed by atoms with E-state index in [-0.39, 0.29) is 0 Å². The van der Waals surface area contributed by atoms with Gasteiger partial charge in [-0.15, -0.1) is 0 Å². The molecule has 1 saturated heterocycles. The van der Waals surface area contributed by atoms with Crippen LogP contribution in [0.15, 0.2) is 0 Å². The van der Waals surface area contributed by atoms with Gasteiger partial charge in [0, 0.05) is 25.2 Å². The van der Waals surface area contributed by atoms with Gasteiger partial charge in [0.05, 0.1) is 6.10 Å². The average molecular weight is 270 g/mol. The van der Waals surface area contributed by atoms with Crippen LogP contribution in [0.2, 0.25) is 0 Å². The van der Waals surface area contributed by atoms with Gasteiger partial charge in [-0.1, -0.05) is 13.8 Å². The van der Waals surface area contributed by atoms with Crippen molar-refractivity contribution in [3.8, 4) is 0 Å². The minimum atomic E-state index is 0.468. The van der Waals surface area contributed by atoms with Crippen molar-refractivity contribution in [3.05, 3.63) is 0 Å². The lowest BCUT2D eigenvalue weighted by Gasteiger charge is -2.37. The minimum Gasteiger partial charge on any atom is -0.377 e. The first-order valence-electron chi connectivity index (χ1n) is 8.26. The highest BCUT2D eigenvalue weighted by Crippen LogP contribution is 2.18. The van der Waals surface area contributed by atoms with Crippen molar-refractivity contribution >= 4 is 0 Å². The second-order valence-corrected chi connectivity index (χ2v) is 6.07. The molecule has 0 amide bonds. The molecule has 114 valence electrons. The minimum absolute atomic E-state index is 0.468. The highest BCUT2D eigenvalue weighted by Gasteiger charge is 2.24. The summed E-state index contributed by atoms with van der Waals surface area (Å²) in [6.07, 6.45) is 6.58. The maximum atomic E-state index is 5.93. The van der Waals surface area contributed by atoms with Crippen molar-refractivity contribution < 1.29 is 4.74 Å². The first-order chi connectivity index (χ1) is 9.17. The third-order valence-electron chi connectivity index (χ3n) is 4.03. The fraction of sp³-hybridized carbons (Fsp3) is 1.00. The number of rotatable bonds is 9. The molecular formula is C16H34N2O. The van der Waals surface area contributed by atoms with E-state index >= 15 is 0 Å². The number of piperidine rings is 1. The molecule has 0 aromatic heterocycles. The molecule has 1 aliphatic heterocycles. The first kappa shape index (κ1) is 16.9. The Labute approximate surface area is 120 Å². The molecular weight excluding hydrogens is 236 g/mol. The van der Waals surface area contributed by atoms with Crippen LogP contribution in [0, 0.1) is 0 Å². The summed E-state index contributed by atoms with van der Waals surface area (Å²) in [4.78, 5) is 2.62. The van der Waals surface area contributed by atoms with Crippen LogP contribution in [-0.2, 0) is 4.74 Å². The van der Waals surface area contributed by atoms with Crippen LogP contribution in [0.1, 0.15) is 59.8 Å². The summed E-state index contributed by atoms with van der Waals surface area (Å²) >= 11 is 0. The number of hydrogen-bond donors (Lipinski definition) is 1. The molecule has 3 heteroatoms. The SMILES string of the molecule is CCCNC(C)CC(C)N1CCCC(OCCC)C1. The van der Waals surface area contributed by atoms with E-state index < -0.39 is 0 Å². The standard InChI is InChI=1S/C16H34N2O/c1-5-9-17-14(3)12-15(4)18-10-7-8-16(13-18)19-11-6-2/h14-17H,5-13H2,1-4H3. The monoisotopic (exact) mass is 270 g/mol. The van der Waals surface area contributed by atoms with Gasteiger partial charge in [-0.05, 0) is 59.0 Å². The normalized spacial score (nSPS) is 24.3. The smallest absolute Gasteiger partial charge is 0.0702 e. The van der Waals surface area contributed by atoms with E-state index in [9.17, 15) is 0 Å². The van der Waals surface area contributed by atoms with Gasteiger partial charge in [0.2, 0.25) is 0 Å². The number of hydrogen-bond acceptors (Lipinski definition) is 3. The molecule has 0 saturated carbocycles. The summed E-state index contributed by atoms with van der Waals surface area (Å²) in [6.45, 7) is 13.5. The molecule has 1 rings (SSSR count). The molecule has 1 fully saturated rings. The fourth-order valence-electron chi connectivity index (χ4n) is 2.92. The molecule has 1 N–H and O–H groups in total. The molecule has 3 unspecified atom stereocenters. The van der Waals surface area contributed by atoms with Gasteiger partial charge in [-0.3, -0.25) is 4.90 Å². The molecule has 1 heterocycles. The molecule has 0 bridgehead atoms. The van der Waals surface area contributed by atoms with E-state index in [0.29, 0.717) is 18.2 Å². The van der Waals surface area contributed by atoms with E-state index in [1.807, 2.05) is 0 Å². The second kappa shape index (κ2) is 9.73. The van der Waals surface area contributed by atoms with Crippen molar-refractivity contribution in [3.63, 3.8) is 0 Å². The van der Waals surface area contributed by atoms with Crippen LogP contribution >= 0.6 is 0 Å². The Kier molecular flexibility index (Phi) is 8.67. The molecule has 0 aromatic rings. The lowest BCUT2D eigenvalue weighted by molar-refractivity contribution is -0.0121. The zero-order valence-corrected chi connectivity index (χ0v) is 13.5. The van der Waals surface area contributed by atoms with Crippen LogP contribution in [0.4, 0.5) is 0 Å². The van der Waals surface area contributed by atoms with Gasteiger partial charge in [0.25, 0.3) is 0 Å². The number of nitrogens with one attached hydrogen (secondary N) is 1. The first-order valence-corrected chi connectivity index (χ1v) is 8.26. The quantitative estimate of drug-likeness (QED) is 0.697. The fourth-order valence-corrected chi connectivity index (χ4v) is 2.92. The van der Waals surface area contributed by atoms with Gasteiger partial charge < -0.3 is 10.1 Å². The summed E-state index contributed by atoms with van der Waals surface area (Å²) < 4.78 is 5.93. The van der Waals surface area contributed by atoms with Gasteiger partial charge in [-0.2, -0.15) is 0 Å². The molecule has 0 radical (unpaired) electrons. The molecule has 0 aliphatic carbocycles. The second-order valence-electron chi connectivity index (χ2n) is 6.07. The van der Waals surface area contributed by atoms with Gasteiger partial charge in [-0.25, -0.2) is 0 Å². The molecule has 1 aliphatic rings. The predicted octanol–water partition coefficient (Wildman–Crippen LogP) is 3.04. The third-order valence-corrected chi connectivity index (χ3v) is 4.03. The Morgan fingerprint density at radius 3 is 2.74 bits per heavy atom. The van der Waals surface area contributed by atoms with E-state index in [4.69, 9.17) is 4.74 Å². The summed E-state index contributed by atoms with van der Waals surface area (Å²) in [5.74, 6) is 0. The molecule has 19 heavy (non-hydrogen) atoms. The van der Waals surface area contributed by atoms with Gasteiger partial charge in [0.1, 0.15) is 0 Å². The van der Waals surface area contributed by atoms with Gasteiger partial charge in [0.15, 0.2) is 0 Å². The van der Waals surface area contributed by atoms with Crippen molar-refractivity contribution in [1.29, 1.82) is 0 Å². The predicted molar refractivity (Wildman–Crippen MR) is 82.7 cm³/mol.